The molecule has 1 aromatic rings. The van der Waals surface area contributed by atoms with E-state index in [0.717, 1.165) is 51.9 Å². The topological polar surface area (TPSA) is 24.5 Å². The quantitative estimate of drug-likeness (QED) is 0.844. The Labute approximate surface area is 115 Å². The van der Waals surface area contributed by atoms with Crippen LogP contribution in [-0.4, -0.2) is 43.8 Å². The average molecular weight is 260 g/mol. The van der Waals surface area contributed by atoms with E-state index < -0.39 is 0 Å². The fourth-order valence-corrected chi connectivity index (χ4v) is 2.54. The van der Waals surface area contributed by atoms with Crippen molar-refractivity contribution in [1.82, 2.24) is 10.2 Å². The third-order valence-corrected chi connectivity index (χ3v) is 3.96. The SMILES string of the molecule is c1cc(CN2CCOCC2)ccc1CCNC1CC1. The summed E-state index contributed by atoms with van der Waals surface area (Å²) in [6.07, 6.45) is 3.89. The lowest BCUT2D eigenvalue weighted by molar-refractivity contribution is 0.0342. The summed E-state index contributed by atoms with van der Waals surface area (Å²) in [6, 6.07) is 9.94. The maximum atomic E-state index is 5.38. The van der Waals surface area contributed by atoms with Crippen molar-refractivity contribution in [3.05, 3.63) is 35.4 Å². The summed E-state index contributed by atoms with van der Waals surface area (Å²) >= 11 is 0. The third kappa shape index (κ3) is 4.30. The summed E-state index contributed by atoms with van der Waals surface area (Å²) in [4.78, 5) is 2.47. The Balaban J connectivity index is 1.44. The van der Waals surface area contributed by atoms with Crippen LogP contribution in [0.15, 0.2) is 24.3 Å². The van der Waals surface area contributed by atoms with Gasteiger partial charge < -0.3 is 10.1 Å². The van der Waals surface area contributed by atoms with Gasteiger partial charge in [0.25, 0.3) is 0 Å². The summed E-state index contributed by atoms with van der Waals surface area (Å²) in [5.41, 5.74) is 2.86. The van der Waals surface area contributed by atoms with Gasteiger partial charge in [0.15, 0.2) is 0 Å². The molecule has 0 atom stereocenters. The van der Waals surface area contributed by atoms with Gasteiger partial charge in [-0.15, -0.1) is 0 Å². The van der Waals surface area contributed by atoms with Crippen molar-refractivity contribution >= 4 is 0 Å². The highest BCUT2D eigenvalue weighted by atomic mass is 16.5. The molecule has 3 heteroatoms. The van der Waals surface area contributed by atoms with Gasteiger partial charge in [-0.05, 0) is 36.9 Å². The Bertz CT molecular complexity index is 380. The molecule has 2 aliphatic rings. The molecule has 1 aromatic carbocycles. The van der Waals surface area contributed by atoms with E-state index in [0.29, 0.717) is 0 Å². The Morgan fingerprint density at radius 3 is 2.42 bits per heavy atom. The van der Waals surface area contributed by atoms with Gasteiger partial charge in [-0.1, -0.05) is 24.3 Å². The van der Waals surface area contributed by atoms with Crippen LogP contribution in [0.1, 0.15) is 24.0 Å². The molecule has 104 valence electrons. The Kier molecular flexibility index (Phi) is 4.49. The van der Waals surface area contributed by atoms with Gasteiger partial charge >= 0.3 is 0 Å². The lowest BCUT2D eigenvalue weighted by atomic mass is 10.1. The first-order valence-electron chi connectivity index (χ1n) is 7.51. The fourth-order valence-electron chi connectivity index (χ4n) is 2.54. The van der Waals surface area contributed by atoms with Crippen LogP contribution < -0.4 is 5.32 Å². The van der Waals surface area contributed by atoms with Crippen LogP contribution in [0.2, 0.25) is 0 Å². The lowest BCUT2D eigenvalue weighted by Crippen LogP contribution is -2.35. The molecule has 1 saturated carbocycles. The largest absolute Gasteiger partial charge is 0.379 e. The van der Waals surface area contributed by atoms with E-state index in [-0.39, 0.29) is 0 Å². The van der Waals surface area contributed by atoms with Crippen LogP contribution in [0.4, 0.5) is 0 Å². The van der Waals surface area contributed by atoms with E-state index >= 15 is 0 Å². The Hall–Kier alpha value is -0.900. The maximum absolute atomic E-state index is 5.38. The van der Waals surface area contributed by atoms with E-state index in [1.807, 2.05) is 0 Å². The zero-order chi connectivity index (χ0) is 12.9. The van der Waals surface area contributed by atoms with Crippen molar-refractivity contribution in [3.63, 3.8) is 0 Å². The number of benzene rings is 1. The van der Waals surface area contributed by atoms with E-state index in [9.17, 15) is 0 Å². The van der Waals surface area contributed by atoms with Gasteiger partial charge in [0, 0.05) is 25.7 Å². The number of nitrogens with one attached hydrogen (secondary N) is 1. The number of hydrogen-bond acceptors (Lipinski definition) is 3. The second-order valence-corrected chi connectivity index (χ2v) is 5.68. The van der Waals surface area contributed by atoms with Gasteiger partial charge in [-0.3, -0.25) is 4.90 Å². The smallest absolute Gasteiger partial charge is 0.0594 e. The lowest BCUT2D eigenvalue weighted by Gasteiger charge is -2.26. The van der Waals surface area contributed by atoms with Crippen LogP contribution in [0.3, 0.4) is 0 Å². The van der Waals surface area contributed by atoms with Crippen LogP contribution >= 0.6 is 0 Å². The molecule has 0 radical (unpaired) electrons. The molecule has 1 N–H and O–H groups in total. The second-order valence-electron chi connectivity index (χ2n) is 5.68. The maximum Gasteiger partial charge on any atom is 0.0594 e. The van der Waals surface area contributed by atoms with Gasteiger partial charge in [0.05, 0.1) is 13.2 Å². The number of ether oxygens (including phenoxy) is 1. The van der Waals surface area contributed by atoms with E-state index in [4.69, 9.17) is 4.74 Å². The van der Waals surface area contributed by atoms with Crippen LogP contribution in [0.25, 0.3) is 0 Å². The van der Waals surface area contributed by atoms with Crippen molar-refractivity contribution in [2.75, 3.05) is 32.8 Å². The molecule has 0 bridgehead atoms. The molecular weight excluding hydrogens is 236 g/mol. The van der Waals surface area contributed by atoms with Gasteiger partial charge in [0.2, 0.25) is 0 Å². The molecule has 1 aliphatic carbocycles. The van der Waals surface area contributed by atoms with Crippen molar-refractivity contribution in [1.29, 1.82) is 0 Å². The van der Waals surface area contributed by atoms with Gasteiger partial charge in [-0.2, -0.15) is 0 Å². The molecule has 3 rings (SSSR count). The van der Waals surface area contributed by atoms with E-state index in [1.54, 1.807) is 0 Å². The van der Waals surface area contributed by atoms with Crippen LogP contribution in [-0.2, 0) is 17.7 Å². The Morgan fingerprint density at radius 2 is 1.74 bits per heavy atom. The molecule has 0 amide bonds. The number of hydrogen-bond donors (Lipinski definition) is 1. The number of rotatable bonds is 6. The first-order chi connectivity index (χ1) is 9.40. The van der Waals surface area contributed by atoms with Gasteiger partial charge in [0.1, 0.15) is 0 Å². The molecule has 0 aromatic heterocycles. The minimum absolute atomic E-state index is 0.820. The van der Waals surface area contributed by atoms with Crippen molar-refractivity contribution < 1.29 is 4.74 Å². The average Bonchev–Trinajstić information content (AvgIpc) is 3.26. The summed E-state index contributed by atoms with van der Waals surface area (Å²) in [5, 5.41) is 3.56. The zero-order valence-electron chi connectivity index (χ0n) is 11.6. The van der Waals surface area contributed by atoms with Crippen molar-refractivity contribution in [3.8, 4) is 0 Å². The monoisotopic (exact) mass is 260 g/mol. The predicted molar refractivity (Wildman–Crippen MR) is 77.3 cm³/mol. The van der Waals surface area contributed by atoms with Crippen LogP contribution in [0.5, 0.6) is 0 Å². The summed E-state index contributed by atoms with van der Waals surface area (Å²) in [7, 11) is 0. The highest BCUT2D eigenvalue weighted by molar-refractivity contribution is 5.22. The number of nitrogens with zero attached hydrogens (tertiary/aromatic N) is 1. The summed E-state index contributed by atoms with van der Waals surface area (Å²) in [5.74, 6) is 0. The zero-order valence-corrected chi connectivity index (χ0v) is 11.6. The first-order valence-corrected chi connectivity index (χ1v) is 7.51. The standard InChI is InChI=1S/C16H24N2O/c1-3-15(13-18-9-11-19-12-10-18)4-2-14(1)7-8-17-16-5-6-16/h1-4,16-17H,5-13H2. The minimum Gasteiger partial charge on any atom is -0.379 e. The predicted octanol–water partition coefficient (Wildman–Crippen LogP) is 1.81. The molecule has 19 heavy (non-hydrogen) atoms. The van der Waals surface area contributed by atoms with Crippen molar-refractivity contribution in [2.45, 2.75) is 31.8 Å². The molecule has 2 fully saturated rings. The number of morpholine rings is 1. The molecule has 1 heterocycles. The third-order valence-electron chi connectivity index (χ3n) is 3.96. The fraction of sp³-hybridized carbons (Fsp3) is 0.625. The minimum atomic E-state index is 0.820. The van der Waals surface area contributed by atoms with Crippen molar-refractivity contribution in [2.24, 2.45) is 0 Å². The normalized spacial score (nSPS) is 20.6. The molecule has 0 unspecified atom stereocenters. The highest BCUT2D eigenvalue weighted by Crippen LogP contribution is 2.18. The molecule has 1 saturated heterocycles. The summed E-state index contributed by atoms with van der Waals surface area (Å²) in [6.45, 7) is 6.06. The Morgan fingerprint density at radius 1 is 1.05 bits per heavy atom. The molecule has 0 spiro atoms. The molecule has 3 nitrogen and oxygen atoms in total. The highest BCUT2D eigenvalue weighted by Gasteiger charge is 2.19. The molecular formula is C16H24N2O. The first kappa shape index (κ1) is 13.1. The summed E-state index contributed by atoms with van der Waals surface area (Å²) < 4.78 is 5.38. The van der Waals surface area contributed by atoms with E-state index in [2.05, 4.69) is 34.5 Å². The molecule has 1 aliphatic heterocycles. The second kappa shape index (κ2) is 6.51. The van der Waals surface area contributed by atoms with Crippen LogP contribution in [0, 0.1) is 0 Å². The van der Waals surface area contributed by atoms with E-state index in [1.165, 1.54) is 24.0 Å². The van der Waals surface area contributed by atoms with Gasteiger partial charge in [-0.25, -0.2) is 0 Å².